The fraction of sp³-hybridized carbons (Fsp3) is 0.556. The summed E-state index contributed by atoms with van der Waals surface area (Å²) in [6.45, 7) is -0.348. The molecule has 0 bridgehead atoms. The van der Waals surface area contributed by atoms with E-state index in [1.165, 1.54) is 10.8 Å². The van der Waals surface area contributed by atoms with Crippen LogP contribution in [0.5, 0.6) is 0 Å². The minimum Gasteiger partial charge on any atom is -0.396 e. The van der Waals surface area contributed by atoms with Crippen LogP contribution in [0.25, 0.3) is 0 Å². The van der Waals surface area contributed by atoms with Crippen LogP contribution in [0.15, 0.2) is 11.0 Å². The van der Waals surface area contributed by atoms with Gasteiger partial charge >= 0.3 is 5.69 Å². The number of rotatable bonds is 3. The molecule has 7 nitrogen and oxygen atoms in total. The van der Waals surface area contributed by atoms with Crippen molar-refractivity contribution in [3.8, 4) is 0 Å². The van der Waals surface area contributed by atoms with E-state index in [0.717, 1.165) is 0 Å². The van der Waals surface area contributed by atoms with Crippen LogP contribution >= 0.6 is 22.6 Å². The smallest absolute Gasteiger partial charge is 0.351 e. The SMILES string of the molecule is Nc1nc(=O)n([C@@H]2O[C@H](CO)[C@H]2CO)cc1I. The molecule has 94 valence electrons. The van der Waals surface area contributed by atoms with E-state index in [2.05, 4.69) is 4.98 Å². The number of anilines is 1. The molecular formula is C9H12IN3O4. The number of ether oxygens (including phenoxy) is 1. The van der Waals surface area contributed by atoms with Gasteiger partial charge in [-0.05, 0) is 22.6 Å². The zero-order chi connectivity index (χ0) is 12.6. The molecule has 0 aliphatic carbocycles. The number of nitrogens with zero attached hydrogens (tertiary/aromatic N) is 2. The Labute approximate surface area is 110 Å². The average Bonchev–Trinajstić information content (AvgIpc) is 2.25. The van der Waals surface area contributed by atoms with Crippen molar-refractivity contribution in [2.75, 3.05) is 18.9 Å². The minimum absolute atomic E-state index is 0.163. The predicted octanol–water partition coefficient (Wildman–Crippen LogP) is -1.07. The number of hydrogen-bond donors (Lipinski definition) is 3. The van der Waals surface area contributed by atoms with Crippen LogP contribution in [-0.4, -0.2) is 39.1 Å². The Morgan fingerprint density at radius 3 is 2.82 bits per heavy atom. The van der Waals surface area contributed by atoms with Gasteiger partial charge in [-0.1, -0.05) is 0 Å². The van der Waals surface area contributed by atoms with Gasteiger partial charge in [0.2, 0.25) is 0 Å². The molecule has 1 aliphatic heterocycles. The summed E-state index contributed by atoms with van der Waals surface area (Å²) in [6.07, 6.45) is 0.505. The van der Waals surface area contributed by atoms with Crippen molar-refractivity contribution in [3.05, 3.63) is 20.3 Å². The highest BCUT2D eigenvalue weighted by Gasteiger charge is 2.43. The fourth-order valence-electron chi connectivity index (χ4n) is 1.77. The number of hydrogen-bond acceptors (Lipinski definition) is 6. The maximum absolute atomic E-state index is 11.6. The Balaban J connectivity index is 2.30. The Kier molecular flexibility index (Phi) is 3.66. The van der Waals surface area contributed by atoms with Crippen molar-refractivity contribution in [2.45, 2.75) is 12.3 Å². The third-order valence-electron chi connectivity index (χ3n) is 2.76. The van der Waals surface area contributed by atoms with Gasteiger partial charge in [-0.2, -0.15) is 4.98 Å². The summed E-state index contributed by atoms with van der Waals surface area (Å²) in [5.41, 5.74) is 4.98. The summed E-state index contributed by atoms with van der Waals surface area (Å²) in [4.78, 5) is 15.3. The van der Waals surface area contributed by atoms with Crippen LogP contribution < -0.4 is 11.4 Å². The minimum atomic E-state index is -0.591. The molecule has 0 unspecified atom stereocenters. The van der Waals surface area contributed by atoms with Crippen molar-refractivity contribution < 1.29 is 14.9 Å². The van der Waals surface area contributed by atoms with Gasteiger partial charge < -0.3 is 20.7 Å². The monoisotopic (exact) mass is 353 g/mol. The van der Waals surface area contributed by atoms with E-state index in [9.17, 15) is 9.90 Å². The number of nitrogens with two attached hydrogens (primary N) is 1. The molecule has 4 N–H and O–H groups in total. The maximum atomic E-state index is 11.6. The second-order valence-corrected chi connectivity index (χ2v) is 4.92. The summed E-state index contributed by atoms with van der Waals surface area (Å²) in [5.74, 6) is -0.135. The van der Waals surface area contributed by atoms with Crippen LogP contribution in [-0.2, 0) is 4.74 Å². The molecule has 1 aromatic rings. The molecule has 1 aliphatic rings. The van der Waals surface area contributed by atoms with Gasteiger partial charge in [0.05, 0.1) is 28.8 Å². The van der Waals surface area contributed by atoms with Crippen LogP contribution in [0.2, 0.25) is 0 Å². The molecule has 2 rings (SSSR count). The van der Waals surface area contributed by atoms with E-state index in [1.54, 1.807) is 0 Å². The fourth-order valence-corrected chi connectivity index (χ4v) is 2.19. The first-order chi connectivity index (χ1) is 8.08. The summed E-state index contributed by atoms with van der Waals surface area (Å²) < 4.78 is 7.24. The van der Waals surface area contributed by atoms with E-state index in [0.29, 0.717) is 3.57 Å². The standard InChI is InChI=1S/C9H12IN3O4/c10-5-1-13(9(16)12-7(5)11)8-4(2-14)6(3-15)17-8/h1,4,6,8,14-15H,2-3H2,(H2,11,12,16)/t4-,6-,8-/m1/s1. The Hall–Kier alpha value is -0.710. The second kappa shape index (κ2) is 4.88. The lowest BCUT2D eigenvalue weighted by atomic mass is 9.95. The lowest BCUT2D eigenvalue weighted by Gasteiger charge is -2.43. The summed E-state index contributed by atoms with van der Waals surface area (Å²) in [6, 6.07) is 0. The molecule has 1 saturated heterocycles. The van der Waals surface area contributed by atoms with Gasteiger partial charge in [-0.15, -0.1) is 0 Å². The lowest BCUT2D eigenvalue weighted by Crippen LogP contribution is -2.52. The van der Waals surface area contributed by atoms with Crippen LogP contribution in [0.3, 0.4) is 0 Å². The maximum Gasteiger partial charge on any atom is 0.351 e. The number of aliphatic hydroxyl groups excluding tert-OH is 2. The molecule has 0 aromatic carbocycles. The van der Waals surface area contributed by atoms with Gasteiger partial charge in [0, 0.05) is 6.20 Å². The largest absolute Gasteiger partial charge is 0.396 e. The number of nitrogen functional groups attached to an aromatic ring is 1. The van der Waals surface area contributed by atoms with Crippen LogP contribution in [0.4, 0.5) is 5.82 Å². The highest BCUT2D eigenvalue weighted by molar-refractivity contribution is 14.1. The highest BCUT2D eigenvalue weighted by Crippen LogP contribution is 2.35. The Bertz CT molecular complexity index is 478. The van der Waals surface area contributed by atoms with Crippen LogP contribution in [0, 0.1) is 9.49 Å². The zero-order valence-corrected chi connectivity index (χ0v) is 10.9. The summed E-state index contributed by atoms with van der Waals surface area (Å²) in [7, 11) is 0. The van der Waals surface area contributed by atoms with Crippen molar-refractivity contribution in [1.29, 1.82) is 0 Å². The first kappa shape index (κ1) is 12.7. The molecular weight excluding hydrogens is 341 g/mol. The number of aliphatic hydroxyl groups is 2. The van der Waals surface area contributed by atoms with Crippen molar-refractivity contribution in [2.24, 2.45) is 5.92 Å². The van der Waals surface area contributed by atoms with Gasteiger partial charge in [-0.3, -0.25) is 4.57 Å². The second-order valence-electron chi connectivity index (χ2n) is 3.76. The Morgan fingerprint density at radius 2 is 2.24 bits per heavy atom. The van der Waals surface area contributed by atoms with Gasteiger partial charge in [-0.25, -0.2) is 4.79 Å². The van der Waals surface area contributed by atoms with Crippen molar-refractivity contribution in [3.63, 3.8) is 0 Å². The molecule has 2 heterocycles. The number of halogens is 1. The number of aromatic nitrogens is 2. The van der Waals surface area contributed by atoms with Gasteiger partial charge in [0.15, 0.2) is 0 Å². The molecule has 17 heavy (non-hydrogen) atoms. The van der Waals surface area contributed by atoms with E-state index >= 15 is 0 Å². The Morgan fingerprint density at radius 1 is 1.53 bits per heavy atom. The predicted molar refractivity (Wildman–Crippen MR) is 67.2 cm³/mol. The molecule has 0 radical (unpaired) electrons. The molecule has 0 saturated carbocycles. The molecule has 1 aromatic heterocycles. The van der Waals surface area contributed by atoms with Gasteiger partial charge in [0.25, 0.3) is 0 Å². The molecule has 0 spiro atoms. The normalized spacial score (nSPS) is 27.8. The average molecular weight is 353 g/mol. The van der Waals surface area contributed by atoms with E-state index < -0.39 is 18.0 Å². The van der Waals surface area contributed by atoms with Crippen LogP contribution in [0.1, 0.15) is 6.23 Å². The quantitative estimate of drug-likeness (QED) is 0.597. The molecule has 1 fully saturated rings. The van der Waals surface area contributed by atoms with Gasteiger partial charge in [0.1, 0.15) is 12.0 Å². The van der Waals surface area contributed by atoms with E-state index in [4.69, 9.17) is 15.6 Å². The lowest BCUT2D eigenvalue weighted by molar-refractivity contribution is -0.246. The van der Waals surface area contributed by atoms with Crippen molar-refractivity contribution in [1.82, 2.24) is 9.55 Å². The summed E-state index contributed by atoms with van der Waals surface area (Å²) in [5, 5.41) is 18.1. The molecule has 0 amide bonds. The third kappa shape index (κ3) is 2.17. The topological polar surface area (TPSA) is 111 Å². The van der Waals surface area contributed by atoms with E-state index in [-0.39, 0.29) is 24.9 Å². The van der Waals surface area contributed by atoms with Crippen molar-refractivity contribution >= 4 is 28.4 Å². The van der Waals surface area contributed by atoms with E-state index in [1.807, 2.05) is 22.6 Å². The first-order valence-corrected chi connectivity index (χ1v) is 6.07. The summed E-state index contributed by atoms with van der Waals surface area (Å²) >= 11 is 1.96. The zero-order valence-electron chi connectivity index (χ0n) is 8.78. The third-order valence-corrected chi connectivity index (χ3v) is 3.59. The highest BCUT2D eigenvalue weighted by atomic mass is 127. The molecule has 8 heteroatoms. The molecule has 3 atom stereocenters. The first-order valence-electron chi connectivity index (χ1n) is 4.99.